The van der Waals surface area contributed by atoms with Gasteiger partial charge in [-0.1, -0.05) is 187 Å². The van der Waals surface area contributed by atoms with E-state index in [1.165, 1.54) is 167 Å². The normalized spacial score (nSPS) is 11.6. The van der Waals surface area contributed by atoms with Gasteiger partial charge in [0.15, 0.2) is 0 Å². The second-order valence-corrected chi connectivity index (χ2v) is 13.4. The largest absolute Gasteiger partial charge is 0.508 e. The molecule has 0 saturated carbocycles. The van der Waals surface area contributed by atoms with Gasteiger partial charge < -0.3 is 9.47 Å². The fourth-order valence-electron chi connectivity index (χ4n) is 5.65. The lowest BCUT2D eigenvalue weighted by Gasteiger charge is -2.07. The van der Waals surface area contributed by atoms with Crippen LogP contribution in [0.1, 0.15) is 213 Å². The fourth-order valence-corrected chi connectivity index (χ4v) is 5.65. The van der Waals surface area contributed by atoms with Gasteiger partial charge in [0.25, 0.3) is 0 Å². The number of rotatable bonds is 34. The van der Waals surface area contributed by atoms with Crippen molar-refractivity contribution in [2.75, 3.05) is 13.2 Å². The van der Waals surface area contributed by atoms with E-state index in [1.807, 2.05) is 0 Å². The molecule has 0 aliphatic heterocycles. The molecular weight excluding hydrogens is 516 g/mol. The Morgan fingerprint density at radius 3 is 1.12 bits per heavy atom. The van der Waals surface area contributed by atoms with E-state index < -0.39 is 6.16 Å². The van der Waals surface area contributed by atoms with Crippen LogP contribution in [0.15, 0.2) is 12.2 Å². The highest BCUT2D eigenvalue weighted by Crippen LogP contribution is 2.15. The maximum Gasteiger partial charge on any atom is 0.508 e. The summed E-state index contributed by atoms with van der Waals surface area (Å²) in [5, 5.41) is 0. The molecule has 0 heterocycles. The quantitative estimate of drug-likeness (QED) is 0.0423. The first-order valence-corrected chi connectivity index (χ1v) is 19.1. The number of hydrogen-bond donors (Lipinski definition) is 0. The zero-order valence-electron chi connectivity index (χ0n) is 29.1. The summed E-state index contributed by atoms with van der Waals surface area (Å²) in [4.78, 5) is 11.7. The maximum atomic E-state index is 11.7. The van der Waals surface area contributed by atoms with Gasteiger partial charge in [-0.25, -0.2) is 4.79 Å². The van der Waals surface area contributed by atoms with Crippen molar-refractivity contribution in [2.45, 2.75) is 213 Å². The molecule has 42 heavy (non-hydrogen) atoms. The summed E-state index contributed by atoms with van der Waals surface area (Å²) in [5.74, 6) is 0.859. The van der Waals surface area contributed by atoms with E-state index in [2.05, 4.69) is 32.9 Å². The van der Waals surface area contributed by atoms with Crippen molar-refractivity contribution in [1.29, 1.82) is 0 Å². The Balaban J connectivity index is 3.18. The van der Waals surface area contributed by atoms with Crippen molar-refractivity contribution in [2.24, 2.45) is 5.92 Å². The molecule has 250 valence electrons. The van der Waals surface area contributed by atoms with Crippen molar-refractivity contribution >= 4 is 6.16 Å². The molecule has 0 aromatic rings. The van der Waals surface area contributed by atoms with Crippen LogP contribution >= 0.6 is 0 Å². The van der Waals surface area contributed by atoms with Crippen LogP contribution in [0.5, 0.6) is 0 Å². The molecule has 0 aliphatic carbocycles. The standard InChI is InChI=1S/C39H76O3/c1-4-5-6-7-8-9-10-11-12-13-14-15-16-17-18-21-24-27-30-33-36-41-39(40)42-37-34-31-28-25-22-19-20-23-26-29-32-35-38(2)3/h11-12,38H,4-10,13-37H2,1-3H3/b12-11-. The number of carbonyl (C=O) groups excluding carboxylic acids is 1. The molecule has 0 rings (SSSR count). The minimum atomic E-state index is -0.475. The Bertz CT molecular complexity index is 542. The van der Waals surface area contributed by atoms with Crippen LogP contribution in [0.4, 0.5) is 4.79 Å². The smallest absolute Gasteiger partial charge is 0.434 e. The summed E-state index contributed by atoms with van der Waals surface area (Å²) in [6, 6.07) is 0. The zero-order chi connectivity index (χ0) is 30.6. The number of ether oxygens (including phenoxy) is 2. The fraction of sp³-hybridized carbons (Fsp3) is 0.923. The molecule has 0 unspecified atom stereocenters. The third-order valence-electron chi connectivity index (χ3n) is 8.52. The molecule has 0 aromatic heterocycles. The van der Waals surface area contributed by atoms with Crippen LogP contribution in [0, 0.1) is 5.92 Å². The summed E-state index contributed by atoms with van der Waals surface area (Å²) in [5.41, 5.74) is 0. The molecule has 0 aromatic carbocycles. The molecule has 0 atom stereocenters. The Morgan fingerprint density at radius 2 is 0.762 bits per heavy atom. The average molecular weight is 593 g/mol. The molecule has 3 heteroatoms. The first kappa shape index (κ1) is 41.0. The minimum absolute atomic E-state index is 0.475. The van der Waals surface area contributed by atoms with Gasteiger partial charge >= 0.3 is 6.16 Å². The number of carbonyl (C=O) groups is 1. The highest BCUT2D eigenvalue weighted by Gasteiger charge is 2.03. The predicted octanol–water partition coefficient (Wildman–Crippen LogP) is 14.1. The van der Waals surface area contributed by atoms with E-state index in [0.717, 1.165) is 31.6 Å². The van der Waals surface area contributed by atoms with Crippen LogP contribution in [0.3, 0.4) is 0 Å². The topological polar surface area (TPSA) is 35.5 Å². The Kier molecular flexibility index (Phi) is 35.3. The van der Waals surface area contributed by atoms with Gasteiger partial charge in [-0.2, -0.15) is 0 Å². The molecule has 0 aliphatic rings. The average Bonchev–Trinajstić information content (AvgIpc) is 2.98. The van der Waals surface area contributed by atoms with Crippen molar-refractivity contribution in [3.63, 3.8) is 0 Å². The van der Waals surface area contributed by atoms with Gasteiger partial charge in [0.05, 0.1) is 13.2 Å². The summed E-state index contributed by atoms with van der Waals surface area (Å²) < 4.78 is 10.5. The minimum Gasteiger partial charge on any atom is -0.434 e. The van der Waals surface area contributed by atoms with E-state index in [1.54, 1.807) is 0 Å². The summed E-state index contributed by atoms with van der Waals surface area (Å²) >= 11 is 0. The molecule has 0 spiro atoms. The van der Waals surface area contributed by atoms with E-state index in [4.69, 9.17) is 9.47 Å². The van der Waals surface area contributed by atoms with Crippen molar-refractivity contribution in [1.82, 2.24) is 0 Å². The van der Waals surface area contributed by atoms with E-state index in [-0.39, 0.29) is 0 Å². The van der Waals surface area contributed by atoms with Gasteiger partial charge in [-0.3, -0.25) is 0 Å². The third-order valence-corrected chi connectivity index (χ3v) is 8.52. The van der Waals surface area contributed by atoms with Gasteiger partial charge in [-0.05, 0) is 44.4 Å². The maximum absolute atomic E-state index is 11.7. The van der Waals surface area contributed by atoms with Crippen LogP contribution in [0.2, 0.25) is 0 Å². The third kappa shape index (κ3) is 37.0. The molecule has 3 nitrogen and oxygen atoms in total. The van der Waals surface area contributed by atoms with Crippen LogP contribution in [-0.4, -0.2) is 19.4 Å². The Hall–Kier alpha value is -0.990. The number of allylic oxidation sites excluding steroid dienone is 2. The zero-order valence-corrected chi connectivity index (χ0v) is 29.1. The second kappa shape index (κ2) is 36.2. The lowest BCUT2D eigenvalue weighted by Crippen LogP contribution is -2.09. The van der Waals surface area contributed by atoms with Crippen molar-refractivity contribution in [3.8, 4) is 0 Å². The molecule has 0 radical (unpaired) electrons. The van der Waals surface area contributed by atoms with Crippen LogP contribution < -0.4 is 0 Å². The molecule has 0 saturated heterocycles. The SMILES string of the molecule is CCCCCCCC/C=C\CCCCCCCCCCCCOC(=O)OCCCCCCCCCCCCCC(C)C. The monoisotopic (exact) mass is 593 g/mol. The summed E-state index contributed by atoms with van der Waals surface area (Å²) in [6.07, 6.45) is 44.0. The number of hydrogen-bond acceptors (Lipinski definition) is 3. The first-order valence-electron chi connectivity index (χ1n) is 19.1. The highest BCUT2D eigenvalue weighted by atomic mass is 16.7. The van der Waals surface area contributed by atoms with Crippen molar-refractivity contribution < 1.29 is 14.3 Å². The van der Waals surface area contributed by atoms with Crippen LogP contribution in [-0.2, 0) is 9.47 Å². The highest BCUT2D eigenvalue weighted by molar-refractivity contribution is 5.59. The molecule has 0 fully saturated rings. The summed E-state index contributed by atoms with van der Waals surface area (Å²) in [6.45, 7) is 7.93. The van der Waals surface area contributed by atoms with Crippen LogP contribution in [0.25, 0.3) is 0 Å². The van der Waals surface area contributed by atoms with Gasteiger partial charge in [0.1, 0.15) is 0 Å². The lowest BCUT2D eigenvalue weighted by atomic mass is 10.0. The van der Waals surface area contributed by atoms with Crippen molar-refractivity contribution in [3.05, 3.63) is 12.2 Å². The van der Waals surface area contributed by atoms with E-state index in [9.17, 15) is 4.79 Å². The molecule has 0 N–H and O–H groups in total. The second-order valence-electron chi connectivity index (χ2n) is 13.4. The molecule has 0 bridgehead atoms. The lowest BCUT2D eigenvalue weighted by molar-refractivity contribution is 0.0529. The predicted molar refractivity (Wildman–Crippen MR) is 185 cm³/mol. The Labute approximate surface area is 264 Å². The number of unbranched alkanes of at least 4 members (excludes halogenated alkanes) is 26. The van der Waals surface area contributed by atoms with E-state index in [0.29, 0.717) is 13.2 Å². The van der Waals surface area contributed by atoms with Gasteiger partial charge in [-0.15, -0.1) is 0 Å². The van der Waals surface area contributed by atoms with Gasteiger partial charge in [0, 0.05) is 0 Å². The molecular formula is C39H76O3. The molecule has 0 amide bonds. The summed E-state index contributed by atoms with van der Waals surface area (Å²) in [7, 11) is 0. The Morgan fingerprint density at radius 1 is 0.452 bits per heavy atom. The first-order chi connectivity index (χ1) is 20.7. The van der Waals surface area contributed by atoms with E-state index >= 15 is 0 Å². The van der Waals surface area contributed by atoms with Gasteiger partial charge in [0.2, 0.25) is 0 Å².